The van der Waals surface area contributed by atoms with Crippen molar-refractivity contribution < 1.29 is 4.74 Å². The van der Waals surface area contributed by atoms with Crippen molar-refractivity contribution in [3.05, 3.63) is 29.8 Å². The summed E-state index contributed by atoms with van der Waals surface area (Å²) in [5.74, 6) is 3.70. The summed E-state index contributed by atoms with van der Waals surface area (Å²) in [6.07, 6.45) is 9.71. The third-order valence-electron chi connectivity index (χ3n) is 5.73. The molecule has 0 amide bonds. The van der Waals surface area contributed by atoms with Gasteiger partial charge in [0.1, 0.15) is 5.75 Å². The van der Waals surface area contributed by atoms with Gasteiger partial charge in [0.2, 0.25) is 0 Å². The van der Waals surface area contributed by atoms with Crippen molar-refractivity contribution in [3.63, 3.8) is 0 Å². The Hall–Kier alpha value is -1.02. The van der Waals surface area contributed by atoms with E-state index < -0.39 is 0 Å². The molecule has 0 saturated heterocycles. The maximum absolute atomic E-state index is 5.82. The Morgan fingerprint density at radius 3 is 2.76 bits per heavy atom. The molecule has 0 spiro atoms. The third kappa shape index (κ3) is 3.11. The summed E-state index contributed by atoms with van der Waals surface area (Å²) in [4.78, 5) is 0. The third-order valence-corrected chi connectivity index (χ3v) is 5.73. The van der Waals surface area contributed by atoms with Gasteiger partial charge in [0.15, 0.2) is 0 Å². The summed E-state index contributed by atoms with van der Waals surface area (Å²) in [7, 11) is 0. The summed E-state index contributed by atoms with van der Waals surface area (Å²) in [5.41, 5.74) is 1.46. The Morgan fingerprint density at radius 2 is 1.86 bits per heavy atom. The molecule has 0 bridgehead atoms. The second kappa shape index (κ2) is 6.00. The van der Waals surface area contributed by atoms with Crippen molar-refractivity contribution in [2.75, 3.05) is 13.2 Å². The van der Waals surface area contributed by atoms with Crippen molar-refractivity contribution in [1.29, 1.82) is 0 Å². The van der Waals surface area contributed by atoms with E-state index in [9.17, 15) is 0 Å². The van der Waals surface area contributed by atoms with Gasteiger partial charge in [-0.05, 0) is 68.0 Å². The summed E-state index contributed by atoms with van der Waals surface area (Å²) < 4.78 is 5.82. The molecule has 3 aliphatic rings. The van der Waals surface area contributed by atoms with Crippen molar-refractivity contribution in [2.24, 2.45) is 11.8 Å². The van der Waals surface area contributed by atoms with Gasteiger partial charge in [-0.15, -0.1) is 0 Å². The van der Waals surface area contributed by atoms with Crippen LogP contribution in [0.2, 0.25) is 0 Å². The van der Waals surface area contributed by atoms with E-state index in [4.69, 9.17) is 4.74 Å². The Labute approximate surface area is 128 Å². The molecule has 4 rings (SSSR count). The Bertz CT molecular complexity index is 482. The SMILES string of the molecule is c1ccc2c(c1)OCCC2CC1CCCC1CNC1CC1. The van der Waals surface area contributed by atoms with Gasteiger partial charge in [0.05, 0.1) is 6.61 Å². The lowest BCUT2D eigenvalue weighted by molar-refractivity contribution is 0.238. The highest BCUT2D eigenvalue weighted by Crippen LogP contribution is 2.43. The van der Waals surface area contributed by atoms with Crippen molar-refractivity contribution >= 4 is 0 Å². The maximum atomic E-state index is 5.82. The van der Waals surface area contributed by atoms with Gasteiger partial charge in [-0.1, -0.05) is 31.0 Å². The van der Waals surface area contributed by atoms with E-state index in [-0.39, 0.29) is 0 Å². The van der Waals surface area contributed by atoms with E-state index in [0.717, 1.165) is 36.2 Å². The van der Waals surface area contributed by atoms with Crippen LogP contribution in [0.3, 0.4) is 0 Å². The van der Waals surface area contributed by atoms with Gasteiger partial charge in [0.25, 0.3) is 0 Å². The first kappa shape index (κ1) is 13.6. The van der Waals surface area contributed by atoms with Crippen LogP contribution < -0.4 is 10.1 Å². The fraction of sp³-hybridized carbons (Fsp3) is 0.684. The summed E-state index contributed by atoms with van der Waals surface area (Å²) in [5, 5.41) is 3.76. The molecule has 1 N–H and O–H groups in total. The van der Waals surface area contributed by atoms with E-state index in [1.807, 2.05) is 0 Å². The van der Waals surface area contributed by atoms with Crippen LogP contribution in [0, 0.1) is 11.8 Å². The molecule has 2 heteroatoms. The molecular formula is C19H27NO. The molecule has 2 fully saturated rings. The first-order valence-electron chi connectivity index (χ1n) is 8.85. The van der Waals surface area contributed by atoms with E-state index >= 15 is 0 Å². The molecule has 2 saturated carbocycles. The van der Waals surface area contributed by atoms with E-state index in [1.165, 1.54) is 57.1 Å². The molecule has 114 valence electrons. The molecule has 3 unspecified atom stereocenters. The average molecular weight is 285 g/mol. The molecule has 21 heavy (non-hydrogen) atoms. The number of ether oxygens (including phenoxy) is 1. The lowest BCUT2D eigenvalue weighted by Crippen LogP contribution is -2.28. The molecule has 2 aliphatic carbocycles. The topological polar surface area (TPSA) is 21.3 Å². The second-order valence-corrected chi connectivity index (χ2v) is 7.24. The highest BCUT2D eigenvalue weighted by atomic mass is 16.5. The van der Waals surface area contributed by atoms with Crippen molar-refractivity contribution in [1.82, 2.24) is 5.32 Å². The number of hydrogen-bond donors (Lipinski definition) is 1. The van der Waals surface area contributed by atoms with Gasteiger partial charge in [-0.25, -0.2) is 0 Å². The molecule has 0 aromatic heterocycles. The van der Waals surface area contributed by atoms with Gasteiger partial charge < -0.3 is 10.1 Å². The van der Waals surface area contributed by atoms with E-state index in [0.29, 0.717) is 0 Å². The quantitative estimate of drug-likeness (QED) is 0.879. The average Bonchev–Trinajstić information content (AvgIpc) is 3.25. The fourth-order valence-electron chi connectivity index (χ4n) is 4.32. The molecule has 0 radical (unpaired) electrons. The van der Waals surface area contributed by atoms with Crippen LogP contribution >= 0.6 is 0 Å². The summed E-state index contributed by atoms with van der Waals surface area (Å²) in [6.45, 7) is 2.17. The smallest absolute Gasteiger partial charge is 0.122 e. The Balaban J connectivity index is 1.40. The minimum atomic E-state index is 0.724. The lowest BCUT2D eigenvalue weighted by Gasteiger charge is -2.30. The number of rotatable bonds is 5. The van der Waals surface area contributed by atoms with Crippen LogP contribution in [0.1, 0.15) is 56.4 Å². The first-order valence-corrected chi connectivity index (χ1v) is 8.85. The Morgan fingerprint density at radius 1 is 1.00 bits per heavy atom. The number of fused-ring (bicyclic) bond motifs is 1. The Kier molecular flexibility index (Phi) is 3.89. The summed E-state index contributed by atoms with van der Waals surface area (Å²) >= 11 is 0. The van der Waals surface area contributed by atoms with Gasteiger partial charge in [0, 0.05) is 6.04 Å². The number of benzene rings is 1. The molecule has 1 aromatic carbocycles. The zero-order valence-electron chi connectivity index (χ0n) is 12.9. The second-order valence-electron chi connectivity index (χ2n) is 7.24. The lowest BCUT2D eigenvalue weighted by atomic mass is 9.81. The number of hydrogen-bond acceptors (Lipinski definition) is 2. The minimum absolute atomic E-state index is 0.724. The van der Waals surface area contributed by atoms with Gasteiger partial charge in [-0.3, -0.25) is 0 Å². The first-order chi connectivity index (χ1) is 10.4. The minimum Gasteiger partial charge on any atom is -0.493 e. The molecule has 1 heterocycles. The van der Waals surface area contributed by atoms with Gasteiger partial charge in [-0.2, -0.15) is 0 Å². The molecule has 3 atom stereocenters. The standard InChI is InChI=1S/C19H27NO/c1-2-7-19-18(6-1)15(10-11-21-19)12-14-4-3-5-16(14)13-20-17-8-9-17/h1-2,6-7,14-17,20H,3-5,8-13H2. The van der Waals surface area contributed by atoms with Gasteiger partial charge >= 0.3 is 0 Å². The number of nitrogens with one attached hydrogen (secondary N) is 1. The molecule has 2 nitrogen and oxygen atoms in total. The molecular weight excluding hydrogens is 258 g/mol. The highest BCUT2D eigenvalue weighted by Gasteiger charge is 2.33. The maximum Gasteiger partial charge on any atom is 0.122 e. The van der Waals surface area contributed by atoms with Crippen molar-refractivity contribution in [3.8, 4) is 5.75 Å². The predicted molar refractivity (Wildman–Crippen MR) is 85.8 cm³/mol. The van der Waals surface area contributed by atoms with Crippen LogP contribution in [0.25, 0.3) is 0 Å². The summed E-state index contributed by atoms with van der Waals surface area (Å²) in [6, 6.07) is 9.55. The zero-order chi connectivity index (χ0) is 14.1. The molecule has 1 aliphatic heterocycles. The monoisotopic (exact) mass is 285 g/mol. The van der Waals surface area contributed by atoms with E-state index in [1.54, 1.807) is 0 Å². The zero-order valence-corrected chi connectivity index (χ0v) is 12.9. The van der Waals surface area contributed by atoms with Crippen LogP contribution in [0.4, 0.5) is 0 Å². The van der Waals surface area contributed by atoms with E-state index in [2.05, 4.69) is 29.6 Å². The molecule has 1 aromatic rings. The normalized spacial score (nSPS) is 31.7. The number of para-hydroxylation sites is 1. The fourth-order valence-corrected chi connectivity index (χ4v) is 4.32. The van der Waals surface area contributed by atoms with Crippen molar-refractivity contribution in [2.45, 2.75) is 56.9 Å². The van der Waals surface area contributed by atoms with Crippen LogP contribution in [0.15, 0.2) is 24.3 Å². The predicted octanol–water partition coefficient (Wildman–Crippen LogP) is 4.11. The highest BCUT2D eigenvalue weighted by molar-refractivity contribution is 5.37. The largest absolute Gasteiger partial charge is 0.493 e. The van der Waals surface area contributed by atoms with Crippen LogP contribution in [-0.2, 0) is 0 Å². The van der Waals surface area contributed by atoms with Crippen LogP contribution in [0.5, 0.6) is 5.75 Å². The van der Waals surface area contributed by atoms with Crippen LogP contribution in [-0.4, -0.2) is 19.2 Å².